The SMILES string of the molecule is CC1CCN(CC(=O)NNC(=O)COc2ccc(Br)cc2)CC1. The highest BCUT2D eigenvalue weighted by atomic mass is 79.9. The molecule has 0 atom stereocenters. The molecule has 1 aliphatic rings. The van der Waals surface area contributed by atoms with Gasteiger partial charge in [0.05, 0.1) is 6.54 Å². The highest BCUT2D eigenvalue weighted by Gasteiger charge is 2.18. The van der Waals surface area contributed by atoms with Crippen molar-refractivity contribution in [3.8, 4) is 5.75 Å². The Balaban J connectivity index is 1.61. The van der Waals surface area contributed by atoms with Gasteiger partial charge in [-0.1, -0.05) is 22.9 Å². The summed E-state index contributed by atoms with van der Waals surface area (Å²) in [5, 5.41) is 0. The number of rotatable bonds is 5. The minimum absolute atomic E-state index is 0.150. The lowest BCUT2D eigenvalue weighted by Gasteiger charge is -2.29. The van der Waals surface area contributed by atoms with Gasteiger partial charge in [0.2, 0.25) is 0 Å². The average molecular weight is 384 g/mol. The molecule has 1 fully saturated rings. The van der Waals surface area contributed by atoms with Gasteiger partial charge in [0, 0.05) is 4.47 Å². The van der Waals surface area contributed by atoms with E-state index >= 15 is 0 Å². The van der Waals surface area contributed by atoms with Crippen LogP contribution in [0, 0.1) is 5.92 Å². The van der Waals surface area contributed by atoms with Gasteiger partial charge < -0.3 is 4.74 Å². The van der Waals surface area contributed by atoms with Gasteiger partial charge in [-0.15, -0.1) is 0 Å². The number of piperidine rings is 1. The molecule has 0 saturated carbocycles. The second-order valence-electron chi connectivity index (χ2n) is 5.80. The number of benzene rings is 1. The van der Waals surface area contributed by atoms with Gasteiger partial charge in [-0.25, -0.2) is 0 Å². The van der Waals surface area contributed by atoms with Crippen LogP contribution in [0.1, 0.15) is 19.8 Å². The number of ether oxygens (including phenoxy) is 1. The fourth-order valence-corrected chi connectivity index (χ4v) is 2.58. The Morgan fingerprint density at radius 3 is 2.43 bits per heavy atom. The van der Waals surface area contributed by atoms with Crippen molar-refractivity contribution < 1.29 is 14.3 Å². The Labute approximate surface area is 144 Å². The van der Waals surface area contributed by atoms with E-state index in [1.54, 1.807) is 12.1 Å². The van der Waals surface area contributed by atoms with Gasteiger partial charge >= 0.3 is 0 Å². The standard InChI is InChI=1S/C16H22BrN3O3/c1-12-6-8-20(9-7-12)10-15(21)18-19-16(22)11-23-14-4-2-13(17)3-5-14/h2-5,12H,6-11H2,1H3,(H,18,21)(H,19,22). The predicted molar refractivity (Wildman–Crippen MR) is 90.8 cm³/mol. The third kappa shape index (κ3) is 6.58. The molecule has 2 rings (SSSR count). The maximum absolute atomic E-state index is 11.8. The minimum atomic E-state index is -0.395. The van der Waals surface area contributed by atoms with Crippen LogP contribution in [0.5, 0.6) is 5.75 Å². The van der Waals surface area contributed by atoms with Gasteiger partial charge in [0.25, 0.3) is 11.8 Å². The quantitative estimate of drug-likeness (QED) is 0.759. The number of carbonyl (C=O) groups is 2. The number of nitrogens with zero attached hydrogens (tertiary/aromatic N) is 1. The summed E-state index contributed by atoms with van der Waals surface area (Å²) in [5.74, 6) is 0.715. The zero-order valence-electron chi connectivity index (χ0n) is 13.2. The first-order valence-corrected chi connectivity index (χ1v) is 8.50. The first kappa shape index (κ1) is 17.7. The van der Waals surface area contributed by atoms with Crippen molar-refractivity contribution in [2.45, 2.75) is 19.8 Å². The van der Waals surface area contributed by atoms with Crippen LogP contribution in [0.25, 0.3) is 0 Å². The smallest absolute Gasteiger partial charge is 0.276 e. The highest BCUT2D eigenvalue weighted by Crippen LogP contribution is 2.16. The first-order valence-electron chi connectivity index (χ1n) is 7.71. The lowest BCUT2D eigenvalue weighted by atomic mass is 9.99. The maximum Gasteiger partial charge on any atom is 0.276 e. The third-order valence-electron chi connectivity index (χ3n) is 3.77. The molecule has 1 saturated heterocycles. The number of carbonyl (C=O) groups excluding carboxylic acids is 2. The summed E-state index contributed by atoms with van der Waals surface area (Å²) in [6, 6.07) is 7.17. The summed E-state index contributed by atoms with van der Waals surface area (Å²) in [5.41, 5.74) is 4.78. The second-order valence-corrected chi connectivity index (χ2v) is 6.71. The zero-order valence-corrected chi connectivity index (χ0v) is 14.8. The van der Waals surface area contributed by atoms with E-state index in [2.05, 4.69) is 38.6 Å². The van der Waals surface area contributed by atoms with E-state index < -0.39 is 5.91 Å². The van der Waals surface area contributed by atoms with Gasteiger partial charge in [-0.05, 0) is 56.1 Å². The Hall–Kier alpha value is -1.60. The third-order valence-corrected chi connectivity index (χ3v) is 4.30. The minimum Gasteiger partial charge on any atom is -0.484 e. The van der Waals surface area contributed by atoms with Crippen molar-refractivity contribution in [2.75, 3.05) is 26.2 Å². The highest BCUT2D eigenvalue weighted by molar-refractivity contribution is 9.10. The summed E-state index contributed by atoms with van der Waals surface area (Å²) >= 11 is 3.32. The molecule has 6 nitrogen and oxygen atoms in total. The number of likely N-dealkylation sites (tertiary alicyclic amines) is 1. The van der Waals surface area contributed by atoms with Crippen LogP contribution in [-0.2, 0) is 9.59 Å². The Morgan fingerprint density at radius 2 is 1.78 bits per heavy atom. The fraction of sp³-hybridized carbons (Fsp3) is 0.500. The van der Waals surface area contributed by atoms with E-state index in [0.29, 0.717) is 12.3 Å². The fourth-order valence-electron chi connectivity index (χ4n) is 2.32. The zero-order chi connectivity index (χ0) is 16.7. The number of hydrazine groups is 1. The molecule has 23 heavy (non-hydrogen) atoms. The molecule has 1 aromatic rings. The molecule has 2 N–H and O–H groups in total. The molecule has 0 spiro atoms. The lowest BCUT2D eigenvalue weighted by Crippen LogP contribution is -2.48. The normalized spacial score (nSPS) is 15.9. The number of halogens is 1. The summed E-state index contributed by atoms with van der Waals surface area (Å²) in [7, 11) is 0. The van der Waals surface area contributed by atoms with Gasteiger partial charge in [0.1, 0.15) is 5.75 Å². The van der Waals surface area contributed by atoms with E-state index in [0.717, 1.165) is 36.3 Å². The molecule has 1 aliphatic heterocycles. The summed E-state index contributed by atoms with van der Waals surface area (Å²) < 4.78 is 6.26. The van der Waals surface area contributed by atoms with E-state index in [1.165, 1.54) is 0 Å². The number of hydrogen-bond acceptors (Lipinski definition) is 4. The van der Waals surface area contributed by atoms with Crippen LogP contribution in [0.4, 0.5) is 0 Å². The van der Waals surface area contributed by atoms with Gasteiger partial charge in [-0.3, -0.25) is 25.3 Å². The molecule has 126 valence electrons. The van der Waals surface area contributed by atoms with E-state index in [4.69, 9.17) is 4.74 Å². The molecular weight excluding hydrogens is 362 g/mol. The van der Waals surface area contributed by atoms with Crippen LogP contribution in [0.2, 0.25) is 0 Å². The number of nitrogens with one attached hydrogen (secondary N) is 2. The summed E-state index contributed by atoms with van der Waals surface area (Å²) in [6.45, 7) is 4.23. The van der Waals surface area contributed by atoms with Gasteiger partial charge in [0.15, 0.2) is 6.61 Å². The van der Waals surface area contributed by atoms with Crippen LogP contribution < -0.4 is 15.6 Å². The predicted octanol–water partition coefficient (Wildman–Crippen LogP) is 1.71. The Kier molecular flexibility index (Phi) is 6.85. The van der Waals surface area contributed by atoms with Crippen LogP contribution in [-0.4, -0.2) is 43.0 Å². The molecule has 0 aromatic heterocycles. The van der Waals surface area contributed by atoms with E-state index in [-0.39, 0.29) is 12.5 Å². The van der Waals surface area contributed by atoms with Crippen molar-refractivity contribution in [1.82, 2.24) is 15.8 Å². The molecule has 0 aliphatic carbocycles. The number of amides is 2. The van der Waals surface area contributed by atoms with E-state index in [9.17, 15) is 9.59 Å². The first-order chi connectivity index (χ1) is 11.0. The molecule has 7 heteroatoms. The van der Waals surface area contributed by atoms with Crippen molar-refractivity contribution in [2.24, 2.45) is 5.92 Å². The molecular formula is C16H22BrN3O3. The van der Waals surface area contributed by atoms with Gasteiger partial charge in [-0.2, -0.15) is 0 Å². The second kappa shape index (κ2) is 8.88. The summed E-state index contributed by atoms with van der Waals surface area (Å²) in [4.78, 5) is 25.5. The van der Waals surface area contributed by atoms with Crippen molar-refractivity contribution >= 4 is 27.7 Å². The van der Waals surface area contributed by atoms with Crippen molar-refractivity contribution in [1.29, 1.82) is 0 Å². The topological polar surface area (TPSA) is 70.7 Å². The van der Waals surface area contributed by atoms with Crippen molar-refractivity contribution in [3.63, 3.8) is 0 Å². The largest absolute Gasteiger partial charge is 0.484 e. The molecule has 0 bridgehead atoms. The molecule has 1 heterocycles. The lowest BCUT2D eigenvalue weighted by molar-refractivity contribution is -0.130. The van der Waals surface area contributed by atoms with Crippen LogP contribution >= 0.6 is 15.9 Å². The maximum atomic E-state index is 11.8. The molecule has 2 amide bonds. The molecule has 1 aromatic carbocycles. The average Bonchev–Trinajstić information content (AvgIpc) is 2.54. The number of hydrogen-bond donors (Lipinski definition) is 2. The molecule has 0 unspecified atom stereocenters. The Bertz CT molecular complexity index is 528. The Morgan fingerprint density at radius 1 is 1.17 bits per heavy atom. The van der Waals surface area contributed by atoms with E-state index in [1.807, 2.05) is 12.1 Å². The molecule has 0 radical (unpaired) electrons. The summed E-state index contributed by atoms with van der Waals surface area (Å²) in [6.07, 6.45) is 2.22. The van der Waals surface area contributed by atoms with Crippen LogP contribution in [0.15, 0.2) is 28.7 Å². The van der Waals surface area contributed by atoms with Crippen LogP contribution in [0.3, 0.4) is 0 Å². The van der Waals surface area contributed by atoms with Crippen molar-refractivity contribution in [3.05, 3.63) is 28.7 Å². The monoisotopic (exact) mass is 383 g/mol.